The molecule has 1 aliphatic heterocycles. The van der Waals surface area contributed by atoms with Gasteiger partial charge in [-0.3, -0.25) is 5.32 Å². The minimum atomic E-state index is -0.518. The first-order valence-corrected chi connectivity index (χ1v) is 9.13. The summed E-state index contributed by atoms with van der Waals surface area (Å²) in [6.45, 7) is 2.34. The normalized spacial score (nSPS) is 16.6. The van der Waals surface area contributed by atoms with Gasteiger partial charge in [-0.25, -0.2) is 14.0 Å². The van der Waals surface area contributed by atoms with Gasteiger partial charge in [0.1, 0.15) is 16.4 Å². The number of hydrogen-bond donors (Lipinski definition) is 1. The number of likely N-dealkylation sites (tertiary alicyclic amines) is 1. The van der Waals surface area contributed by atoms with E-state index in [-0.39, 0.29) is 17.9 Å². The second-order valence-electron chi connectivity index (χ2n) is 6.21. The number of carbonyl (C=O) groups excluding carboxylic acids is 2. The fourth-order valence-corrected chi connectivity index (χ4v) is 3.95. The molecule has 0 radical (unpaired) electrons. The zero-order chi connectivity index (χ0) is 18.7. The quantitative estimate of drug-likeness (QED) is 0.826. The number of hydrogen-bond acceptors (Lipinski definition) is 5. The Morgan fingerprint density at radius 1 is 1.38 bits per heavy atom. The number of ether oxygens (including phenoxy) is 1. The van der Waals surface area contributed by atoms with Crippen LogP contribution in [0.15, 0.2) is 24.3 Å². The van der Waals surface area contributed by atoms with Crippen LogP contribution in [0.1, 0.15) is 34.5 Å². The van der Waals surface area contributed by atoms with Crippen molar-refractivity contribution in [3.8, 4) is 0 Å². The molecule has 1 aromatic carbocycles. The number of rotatable bonds is 4. The summed E-state index contributed by atoms with van der Waals surface area (Å²) < 4.78 is 22.0. The average Bonchev–Trinajstić information content (AvgIpc) is 3.23. The van der Waals surface area contributed by atoms with E-state index in [1.807, 2.05) is 0 Å². The lowest BCUT2D eigenvalue weighted by atomic mass is 10.0. The van der Waals surface area contributed by atoms with Crippen LogP contribution in [-0.2, 0) is 11.2 Å². The Kier molecular flexibility index (Phi) is 5.51. The van der Waals surface area contributed by atoms with Crippen LogP contribution < -0.4 is 5.32 Å². The summed E-state index contributed by atoms with van der Waals surface area (Å²) in [5.74, 6) is -0.790. The number of benzene rings is 1. The number of carbonyl (C=O) groups is 2. The number of aromatic nitrogens is 1. The van der Waals surface area contributed by atoms with Gasteiger partial charge in [-0.05, 0) is 55.4 Å². The van der Waals surface area contributed by atoms with Crippen molar-refractivity contribution in [2.45, 2.75) is 32.2 Å². The summed E-state index contributed by atoms with van der Waals surface area (Å²) in [4.78, 5) is 26.4. The molecule has 6 nitrogen and oxygen atoms in total. The van der Waals surface area contributed by atoms with E-state index in [0.29, 0.717) is 29.2 Å². The highest BCUT2D eigenvalue weighted by Gasteiger charge is 2.30. The number of anilines is 1. The lowest BCUT2D eigenvalue weighted by Gasteiger charge is -2.25. The summed E-state index contributed by atoms with van der Waals surface area (Å²) in [5.41, 5.74) is 1.81. The maximum Gasteiger partial charge on any atom is 0.342 e. The van der Waals surface area contributed by atoms with E-state index < -0.39 is 5.97 Å². The van der Waals surface area contributed by atoms with Crippen molar-refractivity contribution in [3.05, 3.63) is 46.9 Å². The lowest BCUT2D eigenvalue weighted by molar-refractivity contribution is 0.0601. The van der Waals surface area contributed by atoms with Crippen molar-refractivity contribution in [1.29, 1.82) is 0 Å². The number of aryl methyl sites for hydroxylation is 1. The highest BCUT2D eigenvalue weighted by atomic mass is 32.1. The zero-order valence-corrected chi connectivity index (χ0v) is 15.4. The summed E-state index contributed by atoms with van der Waals surface area (Å²) in [5, 5.41) is 3.19. The molecule has 0 saturated carbocycles. The molecule has 1 aromatic heterocycles. The third-order valence-electron chi connectivity index (χ3n) is 4.50. The van der Waals surface area contributed by atoms with Crippen LogP contribution in [0.2, 0.25) is 0 Å². The fourth-order valence-electron chi connectivity index (χ4n) is 3.17. The van der Waals surface area contributed by atoms with Gasteiger partial charge in [0.15, 0.2) is 0 Å². The molecule has 0 spiro atoms. The van der Waals surface area contributed by atoms with Gasteiger partial charge < -0.3 is 9.64 Å². The minimum Gasteiger partial charge on any atom is -0.465 e. The molecule has 26 heavy (non-hydrogen) atoms. The predicted molar refractivity (Wildman–Crippen MR) is 97.0 cm³/mol. The molecule has 1 atom stereocenters. The SMILES string of the molecule is COC(=O)c1c(C)nsc1NC(=O)N1CCC[C@H]1Cc1ccc(F)cc1. The topological polar surface area (TPSA) is 71.5 Å². The monoisotopic (exact) mass is 377 g/mol. The molecule has 1 fully saturated rings. The van der Waals surface area contributed by atoms with E-state index in [4.69, 9.17) is 4.74 Å². The Morgan fingerprint density at radius 2 is 2.12 bits per heavy atom. The molecule has 0 aliphatic carbocycles. The van der Waals surface area contributed by atoms with Crippen LogP contribution >= 0.6 is 11.5 Å². The number of urea groups is 1. The summed E-state index contributed by atoms with van der Waals surface area (Å²) in [6.07, 6.45) is 2.46. The molecule has 1 aliphatic rings. The largest absolute Gasteiger partial charge is 0.465 e. The highest BCUT2D eigenvalue weighted by molar-refractivity contribution is 7.11. The van der Waals surface area contributed by atoms with E-state index in [9.17, 15) is 14.0 Å². The summed E-state index contributed by atoms with van der Waals surface area (Å²) >= 11 is 1.06. The van der Waals surface area contributed by atoms with Crippen molar-refractivity contribution in [2.24, 2.45) is 0 Å². The van der Waals surface area contributed by atoms with Gasteiger partial charge >= 0.3 is 12.0 Å². The number of nitrogens with zero attached hydrogens (tertiary/aromatic N) is 2. The molecule has 0 bridgehead atoms. The predicted octanol–water partition coefficient (Wildman–Crippen LogP) is 3.62. The van der Waals surface area contributed by atoms with Crippen molar-refractivity contribution in [1.82, 2.24) is 9.27 Å². The van der Waals surface area contributed by atoms with Crippen molar-refractivity contribution in [3.63, 3.8) is 0 Å². The maximum absolute atomic E-state index is 13.1. The third-order valence-corrected chi connectivity index (χ3v) is 5.35. The Labute approximate surface area is 155 Å². The molecular weight excluding hydrogens is 357 g/mol. The third kappa shape index (κ3) is 3.85. The molecule has 8 heteroatoms. The Hall–Kier alpha value is -2.48. The number of amides is 2. The second-order valence-corrected chi connectivity index (χ2v) is 6.99. The van der Waals surface area contributed by atoms with Crippen molar-refractivity contribution in [2.75, 3.05) is 19.0 Å². The van der Waals surface area contributed by atoms with Gasteiger partial charge in [-0.1, -0.05) is 12.1 Å². The second kappa shape index (κ2) is 7.82. The van der Waals surface area contributed by atoms with Gasteiger partial charge in [0.25, 0.3) is 0 Å². The molecule has 2 aromatic rings. The maximum atomic E-state index is 13.1. The van der Waals surface area contributed by atoms with E-state index >= 15 is 0 Å². The molecular formula is C18H20FN3O3S. The van der Waals surface area contributed by atoms with E-state index in [0.717, 1.165) is 29.9 Å². The van der Waals surface area contributed by atoms with Crippen LogP contribution in [0, 0.1) is 12.7 Å². The number of halogens is 1. The van der Waals surface area contributed by atoms with Gasteiger partial charge in [-0.15, -0.1) is 0 Å². The van der Waals surface area contributed by atoms with Crippen LogP contribution in [0.25, 0.3) is 0 Å². The van der Waals surface area contributed by atoms with Crippen LogP contribution in [0.5, 0.6) is 0 Å². The molecule has 2 amide bonds. The molecule has 1 saturated heterocycles. The number of esters is 1. The first-order chi connectivity index (χ1) is 12.5. The molecule has 3 rings (SSSR count). The van der Waals surface area contributed by atoms with Crippen LogP contribution in [0.4, 0.5) is 14.2 Å². The van der Waals surface area contributed by atoms with Gasteiger partial charge in [0.2, 0.25) is 0 Å². The van der Waals surface area contributed by atoms with Crippen LogP contribution in [0.3, 0.4) is 0 Å². The van der Waals surface area contributed by atoms with Gasteiger partial charge in [0.05, 0.1) is 12.8 Å². The molecule has 0 unspecified atom stereocenters. The fraction of sp³-hybridized carbons (Fsp3) is 0.389. The Morgan fingerprint density at radius 3 is 2.81 bits per heavy atom. The van der Waals surface area contributed by atoms with Crippen molar-refractivity contribution >= 4 is 28.5 Å². The summed E-state index contributed by atoms with van der Waals surface area (Å²) in [6, 6.07) is 6.12. The minimum absolute atomic E-state index is 0.0380. The first-order valence-electron chi connectivity index (χ1n) is 8.36. The molecule has 138 valence electrons. The lowest BCUT2D eigenvalue weighted by Crippen LogP contribution is -2.39. The van der Waals surface area contributed by atoms with E-state index in [2.05, 4.69) is 9.69 Å². The standard InChI is InChI=1S/C18H20FN3O3S/c1-11-15(17(23)25-2)16(26-21-11)20-18(24)22-9-3-4-14(22)10-12-5-7-13(19)8-6-12/h5-8,14H,3-4,9-10H2,1-2H3,(H,20,24)/t14-/m0/s1. The van der Waals surface area contributed by atoms with Crippen molar-refractivity contribution < 1.29 is 18.7 Å². The highest BCUT2D eigenvalue weighted by Crippen LogP contribution is 2.27. The summed E-state index contributed by atoms with van der Waals surface area (Å²) in [7, 11) is 1.30. The molecule has 1 N–H and O–H groups in total. The first kappa shape index (κ1) is 18.3. The number of methoxy groups -OCH3 is 1. The molecule has 2 heterocycles. The van der Waals surface area contributed by atoms with Crippen LogP contribution in [-0.4, -0.2) is 41.0 Å². The Bertz CT molecular complexity index is 807. The average molecular weight is 377 g/mol. The van der Waals surface area contributed by atoms with Gasteiger partial charge in [0, 0.05) is 12.6 Å². The number of nitrogens with one attached hydrogen (secondary N) is 1. The smallest absolute Gasteiger partial charge is 0.342 e. The van der Waals surface area contributed by atoms with E-state index in [1.54, 1.807) is 24.0 Å². The Balaban J connectivity index is 1.71. The zero-order valence-electron chi connectivity index (χ0n) is 14.6. The van der Waals surface area contributed by atoms with E-state index in [1.165, 1.54) is 19.2 Å². The van der Waals surface area contributed by atoms with Gasteiger partial charge in [-0.2, -0.15) is 4.37 Å².